The Morgan fingerprint density at radius 3 is 2.61 bits per heavy atom. The number of rotatable bonds is 5. The Bertz CT molecular complexity index is 865. The standard InChI is InChI=1S/C22H27NO5/c1-5-26-15-10-8-7-9-13(15)17-18-14(24)11-22(3,4)12-16(18)28-20(23)19(17)21(25)27-6-2/h7-10,17H,5-6,11-12,23H2,1-4H3. The number of ketones is 1. The second-order valence-electron chi connectivity index (χ2n) is 7.78. The maximum atomic E-state index is 13.1. The molecule has 6 nitrogen and oxygen atoms in total. The summed E-state index contributed by atoms with van der Waals surface area (Å²) in [5, 5.41) is 0. The third kappa shape index (κ3) is 3.63. The SMILES string of the molecule is CCOC(=O)C1=C(N)OC2=C(C(=O)CC(C)(C)C2)C1c1ccccc1OCC. The highest BCUT2D eigenvalue weighted by Crippen LogP contribution is 2.49. The van der Waals surface area contributed by atoms with E-state index in [2.05, 4.69) is 0 Å². The summed E-state index contributed by atoms with van der Waals surface area (Å²) in [6, 6.07) is 7.38. The Balaban J connectivity index is 2.21. The van der Waals surface area contributed by atoms with Gasteiger partial charge in [-0.25, -0.2) is 4.79 Å². The molecule has 0 amide bonds. The van der Waals surface area contributed by atoms with Crippen LogP contribution < -0.4 is 10.5 Å². The molecule has 1 atom stereocenters. The van der Waals surface area contributed by atoms with Gasteiger partial charge in [0.25, 0.3) is 0 Å². The zero-order chi connectivity index (χ0) is 20.5. The quantitative estimate of drug-likeness (QED) is 0.780. The molecule has 0 saturated carbocycles. The van der Waals surface area contributed by atoms with Gasteiger partial charge in [0.1, 0.15) is 17.1 Å². The van der Waals surface area contributed by atoms with E-state index < -0.39 is 11.9 Å². The van der Waals surface area contributed by atoms with Gasteiger partial charge in [-0.3, -0.25) is 4.79 Å². The molecule has 0 saturated heterocycles. The third-order valence-electron chi connectivity index (χ3n) is 4.98. The van der Waals surface area contributed by atoms with Gasteiger partial charge in [0.15, 0.2) is 5.78 Å². The van der Waals surface area contributed by atoms with Gasteiger partial charge >= 0.3 is 5.97 Å². The van der Waals surface area contributed by atoms with Crippen molar-refractivity contribution in [2.24, 2.45) is 11.1 Å². The zero-order valence-electron chi connectivity index (χ0n) is 16.8. The van der Waals surface area contributed by atoms with E-state index in [1.165, 1.54) is 0 Å². The lowest BCUT2D eigenvalue weighted by Crippen LogP contribution is -2.35. The Morgan fingerprint density at radius 1 is 1.21 bits per heavy atom. The average molecular weight is 385 g/mol. The predicted octanol–water partition coefficient (Wildman–Crippen LogP) is 3.58. The van der Waals surface area contributed by atoms with E-state index in [0.717, 1.165) is 0 Å². The number of Topliss-reactive ketones (excluding diaryl/α,β-unsaturated/α-hetero) is 1. The lowest BCUT2D eigenvalue weighted by atomic mass is 9.70. The fourth-order valence-electron chi connectivity index (χ4n) is 3.91. The van der Waals surface area contributed by atoms with Crippen molar-refractivity contribution in [2.75, 3.05) is 13.2 Å². The van der Waals surface area contributed by atoms with Gasteiger partial charge in [0.2, 0.25) is 5.88 Å². The summed E-state index contributed by atoms with van der Waals surface area (Å²) in [6.45, 7) is 8.30. The lowest BCUT2D eigenvalue weighted by Gasteiger charge is -2.38. The molecule has 0 aromatic heterocycles. The summed E-state index contributed by atoms with van der Waals surface area (Å²) in [7, 11) is 0. The molecule has 28 heavy (non-hydrogen) atoms. The molecule has 0 spiro atoms. The van der Waals surface area contributed by atoms with Gasteiger partial charge in [-0.1, -0.05) is 32.0 Å². The summed E-state index contributed by atoms with van der Waals surface area (Å²) in [5.41, 5.74) is 7.28. The van der Waals surface area contributed by atoms with Gasteiger partial charge in [-0.2, -0.15) is 0 Å². The van der Waals surface area contributed by atoms with E-state index in [4.69, 9.17) is 19.9 Å². The van der Waals surface area contributed by atoms with E-state index in [1.54, 1.807) is 6.92 Å². The second kappa shape index (κ2) is 7.70. The Kier molecular flexibility index (Phi) is 5.49. The molecule has 1 aromatic carbocycles. The number of benzene rings is 1. The average Bonchev–Trinajstić information content (AvgIpc) is 2.60. The molecule has 150 valence electrons. The van der Waals surface area contributed by atoms with Crippen LogP contribution in [0.2, 0.25) is 0 Å². The fraction of sp³-hybridized carbons (Fsp3) is 0.455. The number of carbonyl (C=O) groups is 2. The minimum Gasteiger partial charge on any atom is -0.494 e. The molecule has 2 aliphatic rings. The van der Waals surface area contributed by atoms with Crippen molar-refractivity contribution in [1.82, 2.24) is 0 Å². The molecule has 1 aliphatic heterocycles. The maximum absolute atomic E-state index is 13.1. The first-order chi connectivity index (χ1) is 13.3. The number of hydrogen-bond acceptors (Lipinski definition) is 6. The van der Waals surface area contributed by atoms with Crippen LogP contribution in [0.1, 0.15) is 52.0 Å². The van der Waals surface area contributed by atoms with Crippen LogP contribution >= 0.6 is 0 Å². The van der Waals surface area contributed by atoms with Crippen LogP contribution in [0.15, 0.2) is 47.1 Å². The summed E-state index contributed by atoms with van der Waals surface area (Å²) >= 11 is 0. The van der Waals surface area contributed by atoms with Crippen LogP contribution in [0.25, 0.3) is 0 Å². The summed E-state index contributed by atoms with van der Waals surface area (Å²) in [4.78, 5) is 25.9. The van der Waals surface area contributed by atoms with Gasteiger partial charge in [-0.15, -0.1) is 0 Å². The highest BCUT2D eigenvalue weighted by atomic mass is 16.5. The Morgan fingerprint density at radius 2 is 1.93 bits per heavy atom. The van der Waals surface area contributed by atoms with Crippen LogP contribution in [0.4, 0.5) is 0 Å². The molecule has 3 rings (SSSR count). The molecular formula is C22H27NO5. The molecule has 0 bridgehead atoms. The van der Waals surface area contributed by atoms with Gasteiger partial charge in [-0.05, 0) is 25.3 Å². The van der Waals surface area contributed by atoms with Gasteiger partial charge in [0, 0.05) is 24.0 Å². The van der Waals surface area contributed by atoms with Gasteiger partial charge < -0.3 is 19.9 Å². The number of ether oxygens (including phenoxy) is 3. The van der Waals surface area contributed by atoms with Crippen molar-refractivity contribution in [2.45, 2.75) is 46.5 Å². The molecule has 1 aromatic rings. The zero-order valence-corrected chi connectivity index (χ0v) is 16.8. The van der Waals surface area contributed by atoms with Crippen LogP contribution in [0.5, 0.6) is 5.75 Å². The van der Waals surface area contributed by atoms with E-state index in [0.29, 0.717) is 42.1 Å². The minimum absolute atomic E-state index is 0.0148. The first-order valence-corrected chi connectivity index (χ1v) is 9.61. The number of carbonyl (C=O) groups excluding carboxylic acids is 2. The third-order valence-corrected chi connectivity index (χ3v) is 4.98. The number of para-hydroxylation sites is 1. The van der Waals surface area contributed by atoms with Crippen LogP contribution in [-0.2, 0) is 19.1 Å². The van der Waals surface area contributed by atoms with Crippen molar-refractivity contribution < 1.29 is 23.8 Å². The number of hydrogen-bond donors (Lipinski definition) is 1. The topological polar surface area (TPSA) is 87.9 Å². The Hall–Kier alpha value is -2.76. The van der Waals surface area contributed by atoms with Crippen LogP contribution in [0.3, 0.4) is 0 Å². The minimum atomic E-state index is -0.672. The molecular weight excluding hydrogens is 358 g/mol. The molecule has 6 heteroatoms. The molecule has 1 heterocycles. The highest BCUT2D eigenvalue weighted by molar-refractivity contribution is 6.03. The monoisotopic (exact) mass is 385 g/mol. The van der Waals surface area contributed by atoms with Crippen molar-refractivity contribution in [3.8, 4) is 5.75 Å². The number of esters is 1. The molecule has 2 N–H and O–H groups in total. The second-order valence-corrected chi connectivity index (χ2v) is 7.78. The van der Waals surface area contributed by atoms with Crippen LogP contribution in [-0.4, -0.2) is 25.0 Å². The van der Waals surface area contributed by atoms with Gasteiger partial charge in [0.05, 0.1) is 19.1 Å². The molecule has 1 aliphatic carbocycles. The first kappa shape index (κ1) is 20.0. The van der Waals surface area contributed by atoms with E-state index in [1.807, 2.05) is 45.0 Å². The normalized spacial score (nSPS) is 21.1. The molecule has 0 fully saturated rings. The smallest absolute Gasteiger partial charge is 0.340 e. The van der Waals surface area contributed by atoms with Crippen molar-refractivity contribution in [3.63, 3.8) is 0 Å². The summed E-state index contributed by atoms with van der Waals surface area (Å²) in [5.74, 6) is -0.176. The lowest BCUT2D eigenvalue weighted by molar-refractivity contribution is -0.139. The van der Waals surface area contributed by atoms with E-state index >= 15 is 0 Å². The van der Waals surface area contributed by atoms with Crippen molar-refractivity contribution in [3.05, 3.63) is 52.6 Å². The fourth-order valence-corrected chi connectivity index (χ4v) is 3.91. The van der Waals surface area contributed by atoms with Crippen molar-refractivity contribution in [1.29, 1.82) is 0 Å². The van der Waals surface area contributed by atoms with Crippen LogP contribution in [0, 0.1) is 5.41 Å². The number of nitrogens with two attached hydrogens (primary N) is 1. The predicted molar refractivity (Wildman–Crippen MR) is 104 cm³/mol. The molecule has 0 radical (unpaired) electrons. The summed E-state index contributed by atoms with van der Waals surface area (Å²) < 4.78 is 16.8. The summed E-state index contributed by atoms with van der Waals surface area (Å²) in [6.07, 6.45) is 0.941. The first-order valence-electron chi connectivity index (χ1n) is 9.61. The highest BCUT2D eigenvalue weighted by Gasteiger charge is 2.45. The maximum Gasteiger partial charge on any atom is 0.340 e. The largest absolute Gasteiger partial charge is 0.494 e. The number of allylic oxidation sites excluding steroid dienone is 2. The van der Waals surface area contributed by atoms with Crippen molar-refractivity contribution >= 4 is 11.8 Å². The Labute approximate surface area is 165 Å². The van der Waals surface area contributed by atoms with E-state index in [9.17, 15) is 9.59 Å². The molecule has 1 unspecified atom stereocenters. The van der Waals surface area contributed by atoms with E-state index in [-0.39, 0.29) is 29.3 Å².